The fraction of sp³-hybridized carbons (Fsp3) is 0.286. The maximum atomic E-state index is 5.93. The molecule has 0 radical (unpaired) electrons. The molecule has 20 heavy (non-hydrogen) atoms. The summed E-state index contributed by atoms with van der Waals surface area (Å²) in [5.74, 6) is 7.81. The molecule has 0 aliphatic carbocycles. The van der Waals surface area contributed by atoms with Gasteiger partial charge in [-0.25, -0.2) is 10.8 Å². The zero-order valence-corrected chi connectivity index (χ0v) is 12.2. The van der Waals surface area contributed by atoms with Gasteiger partial charge < -0.3 is 10.2 Å². The van der Waals surface area contributed by atoms with Crippen LogP contribution in [0.1, 0.15) is 24.7 Å². The maximum absolute atomic E-state index is 5.93. The molecule has 0 saturated heterocycles. The van der Waals surface area contributed by atoms with Crippen molar-refractivity contribution in [1.29, 1.82) is 0 Å². The zero-order valence-electron chi connectivity index (χ0n) is 11.5. The van der Waals surface area contributed by atoms with E-state index in [9.17, 15) is 0 Å². The van der Waals surface area contributed by atoms with E-state index < -0.39 is 0 Å². The minimum atomic E-state index is 0.460. The SMILES string of the molecule is CCCc1nc(NN)cc(Oc2ccc(Cl)cc2C)n1. The van der Waals surface area contributed by atoms with E-state index in [2.05, 4.69) is 22.3 Å². The molecule has 0 aliphatic rings. The Morgan fingerprint density at radius 2 is 2.10 bits per heavy atom. The largest absolute Gasteiger partial charge is 0.439 e. The van der Waals surface area contributed by atoms with E-state index in [1.54, 1.807) is 12.1 Å². The van der Waals surface area contributed by atoms with Crippen LogP contribution in [0.2, 0.25) is 5.02 Å². The Morgan fingerprint density at radius 3 is 2.75 bits per heavy atom. The first kappa shape index (κ1) is 14.6. The number of rotatable bonds is 5. The van der Waals surface area contributed by atoms with Crippen molar-refractivity contribution in [3.05, 3.63) is 40.7 Å². The molecular formula is C14H17ClN4O. The van der Waals surface area contributed by atoms with Crippen molar-refractivity contribution in [3.63, 3.8) is 0 Å². The van der Waals surface area contributed by atoms with Gasteiger partial charge in [0.05, 0.1) is 0 Å². The van der Waals surface area contributed by atoms with E-state index in [1.165, 1.54) is 0 Å². The Morgan fingerprint density at radius 1 is 1.30 bits per heavy atom. The van der Waals surface area contributed by atoms with Crippen LogP contribution in [-0.4, -0.2) is 9.97 Å². The molecule has 0 unspecified atom stereocenters. The van der Waals surface area contributed by atoms with Crippen molar-refractivity contribution in [2.75, 3.05) is 5.43 Å². The predicted molar refractivity (Wildman–Crippen MR) is 80.1 cm³/mol. The third kappa shape index (κ3) is 3.59. The lowest BCUT2D eigenvalue weighted by atomic mass is 10.2. The Bertz CT molecular complexity index is 604. The van der Waals surface area contributed by atoms with Crippen LogP contribution in [0.5, 0.6) is 11.6 Å². The van der Waals surface area contributed by atoms with Crippen molar-refractivity contribution in [1.82, 2.24) is 9.97 Å². The molecule has 6 heteroatoms. The Balaban J connectivity index is 2.29. The molecule has 0 saturated carbocycles. The number of nitrogens with zero attached hydrogens (tertiary/aromatic N) is 2. The lowest BCUT2D eigenvalue weighted by Crippen LogP contribution is -2.11. The third-order valence-electron chi connectivity index (χ3n) is 2.72. The van der Waals surface area contributed by atoms with Crippen LogP contribution < -0.4 is 16.0 Å². The maximum Gasteiger partial charge on any atom is 0.224 e. The second kappa shape index (κ2) is 6.54. The molecule has 0 fully saturated rings. The number of benzene rings is 1. The van der Waals surface area contributed by atoms with Crippen molar-refractivity contribution in [3.8, 4) is 11.6 Å². The molecule has 5 nitrogen and oxygen atoms in total. The summed E-state index contributed by atoms with van der Waals surface area (Å²) in [5, 5.41) is 0.675. The molecule has 2 aromatic rings. The third-order valence-corrected chi connectivity index (χ3v) is 2.96. The number of hydrogen-bond acceptors (Lipinski definition) is 5. The first-order valence-electron chi connectivity index (χ1n) is 6.41. The normalized spacial score (nSPS) is 10.4. The quantitative estimate of drug-likeness (QED) is 0.652. The molecule has 0 amide bonds. The fourth-order valence-electron chi connectivity index (χ4n) is 1.77. The van der Waals surface area contributed by atoms with E-state index in [0.29, 0.717) is 28.3 Å². The van der Waals surface area contributed by atoms with Gasteiger partial charge in [-0.05, 0) is 37.1 Å². The van der Waals surface area contributed by atoms with Crippen LogP contribution in [0.25, 0.3) is 0 Å². The van der Waals surface area contributed by atoms with Gasteiger partial charge in [0.15, 0.2) is 0 Å². The topological polar surface area (TPSA) is 73.1 Å². The number of ether oxygens (including phenoxy) is 1. The second-order valence-electron chi connectivity index (χ2n) is 4.41. The number of hydrogen-bond donors (Lipinski definition) is 2. The zero-order chi connectivity index (χ0) is 14.5. The highest BCUT2D eigenvalue weighted by molar-refractivity contribution is 6.30. The summed E-state index contributed by atoms with van der Waals surface area (Å²) >= 11 is 5.93. The lowest BCUT2D eigenvalue weighted by Gasteiger charge is -2.10. The molecule has 0 aliphatic heterocycles. The summed E-state index contributed by atoms with van der Waals surface area (Å²) in [7, 11) is 0. The monoisotopic (exact) mass is 292 g/mol. The van der Waals surface area contributed by atoms with Gasteiger partial charge in [-0.2, -0.15) is 4.98 Å². The van der Waals surface area contributed by atoms with E-state index in [1.807, 2.05) is 19.1 Å². The summed E-state index contributed by atoms with van der Waals surface area (Å²) in [6.07, 6.45) is 1.72. The summed E-state index contributed by atoms with van der Waals surface area (Å²) < 4.78 is 5.79. The van der Waals surface area contributed by atoms with Gasteiger partial charge in [-0.15, -0.1) is 0 Å². The predicted octanol–water partition coefficient (Wildman–Crippen LogP) is 3.47. The van der Waals surface area contributed by atoms with Gasteiger partial charge in [0, 0.05) is 17.5 Å². The number of nitrogens with two attached hydrogens (primary N) is 1. The minimum absolute atomic E-state index is 0.460. The Hall–Kier alpha value is -1.85. The van der Waals surface area contributed by atoms with Gasteiger partial charge in [-0.3, -0.25) is 0 Å². The lowest BCUT2D eigenvalue weighted by molar-refractivity contribution is 0.455. The molecule has 0 spiro atoms. The highest BCUT2D eigenvalue weighted by atomic mass is 35.5. The molecule has 3 N–H and O–H groups in total. The average Bonchev–Trinajstić information content (AvgIpc) is 2.42. The Labute approximate surface area is 123 Å². The van der Waals surface area contributed by atoms with Gasteiger partial charge in [0.25, 0.3) is 0 Å². The summed E-state index contributed by atoms with van der Waals surface area (Å²) in [5.41, 5.74) is 3.46. The van der Waals surface area contributed by atoms with Crippen molar-refractivity contribution >= 4 is 17.4 Å². The van der Waals surface area contributed by atoms with Gasteiger partial charge in [0.1, 0.15) is 17.4 Å². The minimum Gasteiger partial charge on any atom is -0.439 e. The number of nitrogens with one attached hydrogen (secondary N) is 1. The van der Waals surface area contributed by atoms with Crippen molar-refractivity contribution in [2.24, 2.45) is 5.84 Å². The molecule has 1 heterocycles. The van der Waals surface area contributed by atoms with Crippen LogP contribution in [0.3, 0.4) is 0 Å². The van der Waals surface area contributed by atoms with Gasteiger partial charge >= 0.3 is 0 Å². The highest BCUT2D eigenvalue weighted by Gasteiger charge is 2.07. The van der Waals surface area contributed by atoms with E-state index in [-0.39, 0.29) is 0 Å². The van der Waals surface area contributed by atoms with E-state index in [0.717, 1.165) is 18.4 Å². The molecule has 1 aromatic heterocycles. The van der Waals surface area contributed by atoms with Crippen LogP contribution >= 0.6 is 11.6 Å². The first-order valence-corrected chi connectivity index (χ1v) is 6.78. The number of nitrogen functional groups attached to an aromatic ring is 1. The number of anilines is 1. The van der Waals surface area contributed by atoms with Gasteiger partial charge in [0.2, 0.25) is 5.88 Å². The molecule has 0 atom stereocenters. The summed E-state index contributed by atoms with van der Waals surface area (Å²) in [6.45, 7) is 3.99. The fourth-order valence-corrected chi connectivity index (χ4v) is 2.00. The molecule has 106 valence electrons. The van der Waals surface area contributed by atoms with Crippen LogP contribution in [-0.2, 0) is 6.42 Å². The molecule has 1 aromatic carbocycles. The smallest absolute Gasteiger partial charge is 0.224 e. The van der Waals surface area contributed by atoms with E-state index >= 15 is 0 Å². The first-order chi connectivity index (χ1) is 9.62. The number of hydrazine groups is 1. The van der Waals surface area contributed by atoms with Crippen LogP contribution in [0.15, 0.2) is 24.3 Å². The summed E-state index contributed by atoms with van der Waals surface area (Å²) in [6, 6.07) is 7.09. The summed E-state index contributed by atoms with van der Waals surface area (Å²) in [4.78, 5) is 8.64. The second-order valence-corrected chi connectivity index (χ2v) is 4.85. The van der Waals surface area contributed by atoms with Crippen LogP contribution in [0.4, 0.5) is 5.82 Å². The number of aromatic nitrogens is 2. The molecule has 0 bridgehead atoms. The standard InChI is InChI=1S/C14H17ClN4O/c1-3-4-12-17-13(19-16)8-14(18-12)20-11-6-5-10(15)7-9(11)2/h5-8H,3-4,16H2,1-2H3,(H,17,18,19). The number of aryl methyl sites for hydroxylation is 2. The Kier molecular flexibility index (Phi) is 4.76. The number of halogens is 1. The highest BCUT2D eigenvalue weighted by Crippen LogP contribution is 2.27. The van der Waals surface area contributed by atoms with E-state index in [4.69, 9.17) is 22.2 Å². The van der Waals surface area contributed by atoms with Crippen LogP contribution in [0, 0.1) is 6.92 Å². The van der Waals surface area contributed by atoms with Gasteiger partial charge in [-0.1, -0.05) is 18.5 Å². The molecule has 2 rings (SSSR count). The average molecular weight is 293 g/mol. The van der Waals surface area contributed by atoms with Crippen molar-refractivity contribution in [2.45, 2.75) is 26.7 Å². The molecular weight excluding hydrogens is 276 g/mol. The van der Waals surface area contributed by atoms with Crippen molar-refractivity contribution < 1.29 is 4.74 Å².